The fourth-order valence-corrected chi connectivity index (χ4v) is 2.27. The van der Waals surface area contributed by atoms with Crippen LogP contribution in [0.15, 0.2) is 18.2 Å². The molecule has 1 aliphatic rings. The molecule has 1 heterocycles. The van der Waals surface area contributed by atoms with Gasteiger partial charge in [-0.25, -0.2) is 5.48 Å². The molecule has 0 unspecified atom stereocenters. The molecule has 1 aromatic carbocycles. The van der Waals surface area contributed by atoms with Crippen LogP contribution in [-0.2, 0) is 14.4 Å². The van der Waals surface area contributed by atoms with Crippen molar-refractivity contribution in [2.45, 2.75) is 26.7 Å². The van der Waals surface area contributed by atoms with E-state index in [9.17, 15) is 14.4 Å². The molecule has 7 nitrogen and oxygen atoms in total. The first-order chi connectivity index (χ1) is 11.0. The standard InChI is InChI=1S/C16H20N2O5/c1-3-23-17-15(20)5-4-8-18-13-9-12(11(2)19)6-7-14(13)22-10-16(18)21/h6-7,9H,3-5,8,10H2,1-2H3,(H,17,20). The molecule has 0 fully saturated rings. The molecular weight excluding hydrogens is 300 g/mol. The van der Waals surface area contributed by atoms with Gasteiger partial charge in [0.25, 0.3) is 5.91 Å². The van der Waals surface area contributed by atoms with Gasteiger partial charge in [0.05, 0.1) is 12.3 Å². The van der Waals surface area contributed by atoms with Gasteiger partial charge < -0.3 is 9.64 Å². The molecule has 0 aliphatic carbocycles. The number of ether oxygens (including phenoxy) is 1. The van der Waals surface area contributed by atoms with E-state index in [0.29, 0.717) is 36.6 Å². The summed E-state index contributed by atoms with van der Waals surface area (Å²) in [5.74, 6) is 0.0592. The lowest BCUT2D eigenvalue weighted by Gasteiger charge is -2.29. The Kier molecular flexibility index (Phi) is 5.70. The number of rotatable bonds is 7. The van der Waals surface area contributed by atoms with E-state index >= 15 is 0 Å². The number of nitrogens with one attached hydrogen (secondary N) is 1. The van der Waals surface area contributed by atoms with E-state index in [1.165, 1.54) is 6.92 Å². The normalized spacial score (nSPS) is 13.3. The van der Waals surface area contributed by atoms with Crippen LogP contribution in [0.25, 0.3) is 0 Å². The van der Waals surface area contributed by atoms with Gasteiger partial charge in [0.15, 0.2) is 12.4 Å². The Morgan fingerprint density at radius 2 is 2.17 bits per heavy atom. The Bertz CT molecular complexity index is 614. The highest BCUT2D eigenvalue weighted by Crippen LogP contribution is 2.33. The molecule has 0 atom stereocenters. The van der Waals surface area contributed by atoms with E-state index in [4.69, 9.17) is 9.57 Å². The predicted molar refractivity (Wildman–Crippen MR) is 83.3 cm³/mol. The third kappa shape index (κ3) is 4.29. The number of ketones is 1. The predicted octanol–water partition coefficient (Wildman–Crippen LogP) is 1.46. The third-order valence-corrected chi connectivity index (χ3v) is 3.42. The van der Waals surface area contributed by atoms with Crippen molar-refractivity contribution in [3.8, 4) is 5.75 Å². The largest absolute Gasteiger partial charge is 0.482 e. The Morgan fingerprint density at radius 1 is 1.39 bits per heavy atom. The Morgan fingerprint density at radius 3 is 2.87 bits per heavy atom. The second kappa shape index (κ2) is 7.73. The molecule has 1 aliphatic heterocycles. The average Bonchev–Trinajstić information content (AvgIpc) is 2.54. The van der Waals surface area contributed by atoms with Crippen LogP contribution >= 0.6 is 0 Å². The second-order valence-electron chi connectivity index (χ2n) is 5.13. The Hall–Kier alpha value is -2.41. The van der Waals surface area contributed by atoms with Gasteiger partial charge in [-0.05, 0) is 38.5 Å². The minimum Gasteiger partial charge on any atom is -0.482 e. The first-order valence-corrected chi connectivity index (χ1v) is 7.51. The molecule has 0 bridgehead atoms. The Balaban J connectivity index is 2.04. The van der Waals surface area contributed by atoms with E-state index in [1.54, 1.807) is 30.0 Å². The van der Waals surface area contributed by atoms with Crippen molar-refractivity contribution in [2.75, 3.05) is 24.7 Å². The average molecular weight is 320 g/mol. The zero-order valence-electron chi connectivity index (χ0n) is 13.3. The van der Waals surface area contributed by atoms with Gasteiger partial charge in [-0.2, -0.15) is 0 Å². The quantitative estimate of drug-likeness (QED) is 0.607. The summed E-state index contributed by atoms with van der Waals surface area (Å²) in [5, 5.41) is 0. The van der Waals surface area contributed by atoms with E-state index in [1.807, 2.05) is 0 Å². The van der Waals surface area contributed by atoms with E-state index < -0.39 is 0 Å². The first kappa shape index (κ1) is 17.0. The number of hydroxylamine groups is 1. The van der Waals surface area contributed by atoms with Crippen molar-refractivity contribution in [1.82, 2.24) is 5.48 Å². The van der Waals surface area contributed by atoms with Gasteiger partial charge in [0.2, 0.25) is 5.91 Å². The minimum atomic E-state index is -0.231. The zero-order valence-corrected chi connectivity index (χ0v) is 13.3. The van der Waals surface area contributed by atoms with Crippen LogP contribution < -0.4 is 15.1 Å². The van der Waals surface area contributed by atoms with Gasteiger partial charge in [0.1, 0.15) is 5.75 Å². The van der Waals surface area contributed by atoms with Crippen molar-refractivity contribution in [2.24, 2.45) is 0 Å². The van der Waals surface area contributed by atoms with Crippen LogP contribution in [0.3, 0.4) is 0 Å². The summed E-state index contributed by atoms with van der Waals surface area (Å²) in [7, 11) is 0. The number of Topliss-reactive ketones (excluding diaryl/α,β-unsaturated/α-hetero) is 1. The molecule has 0 aromatic heterocycles. The highest BCUT2D eigenvalue weighted by molar-refractivity contribution is 6.01. The molecule has 124 valence electrons. The molecule has 0 radical (unpaired) electrons. The molecule has 0 saturated carbocycles. The highest BCUT2D eigenvalue weighted by atomic mass is 16.6. The second-order valence-corrected chi connectivity index (χ2v) is 5.13. The van der Waals surface area contributed by atoms with Gasteiger partial charge in [-0.3, -0.25) is 19.2 Å². The maximum absolute atomic E-state index is 12.1. The number of anilines is 1. The van der Waals surface area contributed by atoms with Crippen molar-refractivity contribution in [3.05, 3.63) is 23.8 Å². The summed E-state index contributed by atoms with van der Waals surface area (Å²) in [6.45, 7) is 3.97. The van der Waals surface area contributed by atoms with Crippen LogP contribution in [0.4, 0.5) is 5.69 Å². The van der Waals surface area contributed by atoms with Crippen LogP contribution in [0.1, 0.15) is 37.0 Å². The van der Waals surface area contributed by atoms with Crippen molar-refractivity contribution in [3.63, 3.8) is 0 Å². The number of fused-ring (bicyclic) bond motifs is 1. The molecule has 23 heavy (non-hydrogen) atoms. The minimum absolute atomic E-state index is 0.0441. The number of amides is 2. The molecule has 2 amide bonds. The fraction of sp³-hybridized carbons (Fsp3) is 0.438. The summed E-state index contributed by atoms with van der Waals surface area (Å²) in [4.78, 5) is 41.5. The maximum atomic E-state index is 12.1. The number of carbonyl (C=O) groups is 3. The van der Waals surface area contributed by atoms with E-state index in [2.05, 4.69) is 5.48 Å². The Labute approximate surface area is 134 Å². The number of nitrogens with zero attached hydrogens (tertiary/aromatic N) is 1. The van der Waals surface area contributed by atoms with Crippen molar-refractivity contribution in [1.29, 1.82) is 0 Å². The first-order valence-electron chi connectivity index (χ1n) is 7.51. The molecular formula is C16H20N2O5. The molecule has 2 rings (SSSR count). The smallest absolute Gasteiger partial charge is 0.265 e. The lowest BCUT2D eigenvalue weighted by molar-refractivity contribution is -0.133. The lowest BCUT2D eigenvalue weighted by Crippen LogP contribution is -2.40. The number of hydrogen-bond donors (Lipinski definition) is 1. The van der Waals surface area contributed by atoms with Gasteiger partial charge in [-0.1, -0.05) is 0 Å². The highest BCUT2D eigenvalue weighted by Gasteiger charge is 2.26. The molecule has 0 saturated heterocycles. The summed E-state index contributed by atoms with van der Waals surface area (Å²) in [6, 6.07) is 5.01. The van der Waals surface area contributed by atoms with Gasteiger partial charge in [0, 0.05) is 18.5 Å². The van der Waals surface area contributed by atoms with E-state index in [-0.39, 0.29) is 30.6 Å². The summed E-state index contributed by atoms with van der Waals surface area (Å²) >= 11 is 0. The summed E-state index contributed by atoms with van der Waals surface area (Å²) in [5.41, 5.74) is 3.40. The molecule has 1 N–H and O–H groups in total. The van der Waals surface area contributed by atoms with Crippen LogP contribution in [0, 0.1) is 0 Å². The van der Waals surface area contributed by atoms with Crippen molar-refractivity contribution < 1.29 is 24.0 Å². The topological polar surface area (TPSA) is 84.9 Å². The fourth-order valence-electron chi connectivity index (χ4n) is 2.27. The van der Waals surface area contributed by atoms with Gasteiger partial charge in [-0.15, -0.1) is 0 Å². The molecule has 1 aromatic rings. The summed E-state index contributed by atoms with van der Waals surface area (Å²) in [6.07, 6.45) is 0.723. The number of benzene rings is 1. The molecule has 0 spiro atoms. The number of hydrogen-bond acceptors (Lipinski definition) is 5. The van der Waals surface area contributed by atoms with Crippen LogP contribution in [0.5, 0.6) is 5.75 Å². The van der Waals surface area contributed by atoms with Crippen LogP contribution in [-0.4, -0.2) is 37.4 Å². The maximum Gasteiger partial charge on any atom is 0.265 e. The number of carbonyl (C=O) groups excluding carboxylic acids is 3. The van der Waals surface area contributed by atoms with Gasteiger partial charge >= 0.3 is 0 Å². The third-order valence-electron chi connectivity index (χ3n) is 3.42. The lowest BCUT2D eigenvalue weighted by atomic mass is 10.1. The summed E-state index contributed by atoms with van der Waals surface area (Å²) < 4.78 is 5.38. The molecule has 7 heteroatoms. The zero-order chi connectivity index (χ0) is 16.8. The monoisotopic (exact) mass is 320 g/mol. The van der Waals surface area contributed by atoms with E-state index in [0.717, 1.165) is 0 Å². The van der Waals surface area contributed by atoms with Crippen molar-refractivity contribution >= 4 is 23.3 Å². The SMILES string of the molecule is CCONC(=O)CCCN1C(=O)COc2ccc(C(C)=O)cc21. The van der Waals surface area contributed by atoms with Crippen LogP contribution in [0.2, 0.25) is 0 Å².